The van der Waals surface area contributed by atoms with Gasteiger partial charge in [0.05, 0.1) is 26.4 Å². The molecule has 14 heteroatoms. The summed E-state index contributed by atoms with van der Waals surface area (Å²) in [6, 6.07) is 0. The Bertz CT molecular complexity index is 1220. The van der Waals surface area contributed by atoms with E-state index in [0.717, 1.165) is 64.2 Å². The van der Waals surface area contributed by atoms with Gasteiger partial charge in [0.15, 0.2) is 12.6 Å². The van der Waals surface area contributed by atoms with Crippen LogP contribution in [-0.2, 0) is 33.2 Å². The molecule has 7 N–H and O–H groups in total. The zero-order valence-electron chi connectivity index (χ0n) is 40.2. The Kier molecular flexibility index (Phi) is 35.7. The number of hydrogen-bond acceptors (Lipinski definition) is 14. The molecule has 2 rings (SSSR count). The summed E-state index contributed by atoms with van der Waals surface area (Å²) in [7, 11) is 0. The molecule has 65 heavy (non-hydrogen) atoms. The lowest BCUT2D eigenvalue weighted by molar-refractivity contribution is -0.332. The average Bonchev–Trinajstić information content (AvgIpc) is 3.30. The number of aliphatic hydroxyl groups excluding tert-OH is 7. The van der Waals surface area contributed by atoms with E-state index in [4.69, 9.17) is 28.4 Å². The van der Waals surface area contributed by atoms with Crippen LogP contribution in [0.25, 0.3) is 0 Å². The molecule has 2 fully saturated rings. The number of esters is 1. The lowest BCUT2D eigenvalue weighted by Gasteiger charge is -2.42. The van der Waals surface area contributed by atoms with Gasteiger partial charge in [-0.3, -0.25) is 4.79 Å². The van der Waals surface area contributed by atoms with E-state index < -0.39 is 80.7 Å². The largest absolute Gasteiger partial charge is 0.457 e. The number of ether oxygens (including phenoxy) is 6. The van der Waals surface area contributed by atoms with Crippen molar-refractivity contribution >= 4 is 5.97 Å². The highest BCUT2D eigenvalue weighted by Gasteiger charge is 2.47. The van der Waals surface area contributed by atoms with Gasteiger partial charge in [-0.15, -0.1) is 0 Å². The minimum atomic E-state index is -1.71. The highest BCUT2D eigenvalue weighted by Crippen LogP contribution is 2.26. The topological polar surface area (TPSA) is 214 Å². The molecule has 2 heterocycles. The zero-order chi connectivity index (χ0) is 47.3. The first kappa shape index (κ1) is 59.3. The van der Waals surface area contributed by atoms with Crippen molar-refractivity contribution in [3.63, 3.8) is 0 Å². The molecule has 2 saturated heterocycles. The Labute approximate surface area is 391 Å². The van der Waals surface area contributed by atoms with E-state index in [9.17, 15) is 40.5 Å². The van der Waals surface area contributed by atoms with Crippen LogP contribution in [-0.4, -0.2) is 142 Å². The summed E-state index contributed by atoms with van der Waals surface area (Å²) >= 11 is 0. The third-order valence-corrected chi connectivity index (χ3v) is 12.2. The van der Waals surface area contributed by atoms with Crippen LogP contribution in [0.5, 0.6) is 0 Å². The van der Waals surface area contributed by atoms with Gasteiger partial charge in [-0.1, -0.05) is 166 Å². The summed E-state index contributed by atoms with van der Waals surface area (Å²) in [5.41, 5.74) is 0. The second-order valence-corrected chi connectivity index (χ2v) is 18.0. The summed E-state index contributed by atoms with van der Waals surface area (Å²) in [6.07, 6.45) is 26.3. The van der Waals surface area contributed by atoms with E-state index in [0.29, 0.717) is 13.0 Å². The maximum Gasteiger partial charge on any atom is 0.306 e. The molecule has 0 aromatic carbocycles. The van der Waals surface area contributed by atoms with Crippen LogP contribution in [0.3, 0.4) is 0 Å². The summed E-state index contributed by atoms with van der Waals surface area (Å²) in [5, 5.41) is 72.1. The molecule has 0 saturated carbocycles. The van der Waals surface area contributed by atoms with E-state index in [-0.39, 0.29) is 25.6 Å². The Hall–Kier alpha value is -1.79. The lowest BCUT2D eigenvalue weighted by Crippen LogP contribution is -2.61. The first-order chi connectivity index (χ1) is 31.6. The van der Waals surface area contributed by atoms with Crippen molar-refractivity contribution in [1.29, 1.82) is 0 Å². The molecule has 0 aliphatic carbocycles. The maximum atomic E-state index is 13.0. The molecule has 0 amide bonds. The van der Waals surface area contributed by atoms with Crippen LogP contribution in [0.1, 0.15) is 181 Å². The number of unbranched alkanes of at least 4 members (excludes halogenated alkanes) is 20. The fourth-order valence-corrected chi connectivity index (χ4v) is 8.01. The van der Waals surface area contributed by atoms with Gasteiger partial charge in [0.1, 0.15) is 54.9 Å². The van der Waals surface area contributed by atoms with Crippen molar-refractivity contribution in [1.82, 2.24) is 0 Å². The van der Waals surface area contributed by atoms with Gasteiger partial charge >= 0.3 is 5.97 Å². The van der Waals surface area contributed by atoms with Crippen molar-refractivity contribution < 1.29 is 69.0 Å². The molecule has 0 aromatic heterocycles. The Morgan fingerprint density at radius 2 is 1.00 bits per heavy atom. The van der Waals surface area contributed by atoms with Crippen LogP contribution in [0.4, 0.5) is 0 Å². The highest BCUT2D eigenvalue weighted by molar-refractivity contribution is 5.69. The zero-order valence-corrected chi connectivity index (χ0v) is 40.2. The quantitative estimate of drug-likeness (QED) is 0.0181. The van der Waals surface area contributed by atoms with E-state index in [1.165, 1.54) is 89.9 Å². The molecule has 0 aromatic rings. The fourth-order valence-electron chi connectivity index (χ4n) is 8.01. The van der Waals surface area contributed by atoms with E-state index >= 15 is 0 Å². The molecule has 11 atom stereocenters. The molecule has 0 bridgehead atoms. The summed E-state index contributed by atoms with van der Waals surface area (Å²) in [6.45, 7) is 3.58. The molecular weight excluding hydrogens is 837 g/mol. The Morgan fingerprint density at radius 3 is 1.57 bits per heavy atom. The second kappa shape index (κ2) is 39.1. The summed E-state index contributed by atoms with van der Waals surface area (Å²) in [4.78, 5) is 13.0. The Morgan fingerprint density at radius 1 is 0.523 bits per heavy atom. The highest BCUT2D eigenvalue weighted by atomic mass is 16.7. The standard InChI is InChI=1S/C51H92O14/c1-3-5-7-9-11-13-15-17-19-20-21-22-24-26-28-30-32-34-43(53)63-40(37-60-35-33-31-29-27-25-23-18-16-14-12-10-8-6-4-2)38-61-50-49(59)47(57)45(55)42(65-50)39-62-51-48(58)46(56)44(54)41(36-52)64-51/h5,7,11,13,17,19,40-42,44-52,54-59H,3-4,6,8-10,12,14-16,18,20-39H2,1-2H3/b7-5-,13-11-,19-17-. The normalized spacial score (nSPS) is 26.8. The Balaban J connectivity index is 1.77. The predicted molar refractivity (Wildman–Crippen MR) is 252 cm³/mol. The van der Waals surface area contributed by atoms with Crippen LogP contribution in [0.15, 0.2) is 36.5 Å². The molecule has 2 aliphatic heterocycles. The van der Waals surface area contributed by atoms with Gasteiger partial charge in [-0.25, -0.2) is 0 Å². The monoisotopic (exact) mass is 929 g/mol. The summed E-state index contributed by atoms with van der Waals surface area (Å²) in [5.74, 6) is -0.385. The second-order valence-electron chi connectivity index (χ2n) is 18.0. The van der Waals surface area contributed by atoms with E-state index in [1.807, 2.05) is 0 Å². The molecule has 0 radical (unpaired) electrons. The van der Waals surface area contributed by atoms with Crippen LogP contribution in [0.2, 0.25) is 0 Å². The first-order valence-electron chi connectivity index (χ1n) is 25.6. The van der Waals surface area contributed by atoms with Crippen molar-refractivity contribution in [3.8, 4) is 0 Å². The average molecular weight is 929 g/mol. The number of carbonyl (C=O) groups is 1. The van der Waals surface area contributed by atoms with Gasteiger partial charge in [-0.05, 0) is 44.9 Å². The lowest BCUT2D eigenvalue weighted by atomic mass is 9.98. The first-order valence-corrected chi connectivity index (χ1v) is 25.6. The molecule has 11 unspecified atom stereocenters. The van der Waals surface area contributed by atoms with E-state index in [2.05, 4.69) is 50.3 Å². The fraction of sp³-hybridized carbons (Fsp3) is 0.863. The molecule has 2 aliphatic rings. The van der Waals surface area contributed by atoms with Crippen LogP contribution < -0.4 is 0 Å². The number of carbonyl (C=O) groups excluding carboxylic acids is 1. The minimum absolute atomic E-state index is 0.0599. The van der Waals surface area contributed by atoms with Crippen molar-refractivity contribution in [2.45, 2.75) is 248 Å². The van der Waals surface area contributed by atoms with Crippen molar-refractivity contribution in [2.24, 2.45) is 0 Å². The smallest absolute Gasteiger partial charge is 0.306 e. The van der Waals surface area contributed by atoms with Crippen LogP contribution >= 0.6 is 0 Å². The minimum Gasteiger partial charge on any atom is -0.457 e. The number of rotatable bonds is 40. The van der Waals surface area contributed by atoms with Gasteiger partial charge in [0.2, 0.25) is 0 Å². The van der Waals surface area contributed by atoms with Crippen molar-refractivity contribution in [3.05, 3.63) is 36.5 Å². The number of aliphatic hydroxyl groups is 7. The third kappa shape index (κ3) is 27.1. The predicted octanol–water partition coefficient (Wildman–Crippen LogP) is 7.41. The van der Waals surface area contributed by atoms with Crippen molar-refractivity contribution in [2.75, 3.05) is 33.0 Å². The number of allylic oxidation sites excluding steroid dienone is 6. The number of hydrogen-bond donors (Lipinski definition) is 7. The molecule has 380 valence electrons. The van der Waals surface area contributed by atoms with Crippen LogP contribution in [0, 0.1) is 0 Å². The molecule has 0 spiro atoms. The van der Waals surface area contributed by atoms with Gasteiger partial charge in [0, 0.05) is 13.0 Å². The third-order valence-electron chi connectivity index (χ3n) is 12.2. The maximum absolute atomic E-state index is 13.0. The van der Waals surface area contributed by atoms with E-state index in [1.54, 1.807) is 0 Å². The molecule has 14 nitrogen and oxygen atoms in total. The van der Waals surface area contributed by atoms with Gasteiger partial charge in [0.25, 0.3) is 0 Å². The SMILES string of the molecule is CC/C=C\C/C=C\C/C=C\CCCCCCCCCC(=O)OC(COCCCCCCCCCCCCCCCC)COC1OC(COC2OC(CO)C(O)C(O)C2O)C(O)C(O)C1O. The summed E-state index contributed by atoms with van der Waals surface area (Å²) < 4.78 is 34.3. The molecular formula is C51H92O14. The van der Waals surface area contributed by atoms with Gasteiger partial charge < -0.3 is 64.2 Å². The van der Waals surface area contributed by atoms with Gasteiger partial charge in [-0.2, -0.15) is 0 Å².